The number of hydrogen-bond donors (Lipinski definition) is 3. The summed E-state index contributed by atoms with van der Waals surface area (Å²) >= 11 is 5.96. The fourth-order valence-corrected chi connectivity index (χ4v) is 3.45. The van der Waals surface area contributed by atoms with Gasteiger partial charge in [0, 0.05) is 11.6 Å². The second kappa shape index (κ2) is 11.1. The summed E-state index contributed by atoms with van der Waals surface area (Å²) in [6.07, 6.45) is 0.257. The summed E-state index contributed by atoms with van der Waals surface area (Å²) in [5.74, 6) is -0.905. The van der Waals surface area contributed by atoms with Crippen molar-refractivity contribution >= 4 is 30.0 Å². The van der Waals surface area contributed by atoms with Crippen molar-refractivity contribution in [2.24, 2.45) is 0 Å². The number of carboxylic acid groups (broad SMARTS) is 1. The lowest BCUT2D eigenvalue weighted by Crippen LogP contribution is -2.23. The first-order valence-corrected chi connectivity index (χ1v) is 9.89. The summed E-state index contributed by atoms with van der Waals surface area (Å²) in [5.41, 5.74) is 5.13. The number of halogens is 2. The Morgan fingerprint density at radius 2 is 1.73 bits per heavy atom. The van der Waals surface area contributed by atoms with E-state index in [1.807, 2.05) is 43.3 Å². The molecular weight excluding hydrogens is 421 g/mol. The van der Waals surface area contributed by atoms with Crippen LogP contribution in [0.5, 0.6) is 0 Å². The second-order valence-corrected chi connectivity index (χ2v) is 7.49. The van der Waals surface area contributed by atoms with Crippen molar-refractivity contribution in [1.82, 2.24) is 5.32 Å². The smallest absolute Gasteiger partial charge is 0.335 e. The first-order valence-electron chi connectivity index (χ1n) is 9.51. The first kappa shape index (κ1) is 23.9. The Hall–Kier alpha value is -2.37. The third kappa shape index (κ3) is 6.31. The molecule has 0 saturated heterocycles. The molecule has 0 heterocycles. The summed E-state index contributed by atoms with van der Waals surface area (Å²) in [6, 6.07) is 20.9. The number of carboxylic acids is 1. The minimum absolute atomic E-state index is 0. The van der Waals surface area contributed by atoms with Gasteiger partial charge in [-0.15, -0.1) is 12.4 Å². The van der Waals surface area contributed by atoms with Crippen molar-refractivity contribution in [3.8, 4) is 11.1 Å². The molecule has 3 aromatic carbocycles. The van der Waals surface area contributed by atoms with E-state index in [9.17, 15) is 9.90 Å². The second-order valence-electron chi connectivity index (χ2n) is 7.06. The van der Waals surface area contributed by atoms with E-state index in [2.05, 4.69) is 17.4 Å². The van der Waals surface area contributed by atoms with Gasteiger partial charge >= 0.3 is 5.97 Å². The molecule has 0 spiro atoms. The minimum atomic E-state index is -0.905. The fraction of sp³-hybridized carbons (Fsp3) is 0.208. The van der Waals surface area contributed by atoms with Crippen LogP contribution in [0, 0.1) is 6.92 Å². The van der Waals surface area contributed by atoms with Gasteiger partial charge in [0.25, 0.3) is 0 Å². The van der Waals surface area contributed by atoms with Crippen LogP contribution in [0.1, 0.15) is 33.2 Å². The molecule has 3 N–H and O–H groups in total. The topological polar surface area (TPSA) is 69.6 Å². The maximum absolute atomic E-state index is 11.1. The molecule has 0 fully saturated rings. The molecule has 158 valence electrons. The average molecular weight is 446 g/mol. The van der Waals surface area contributed by atoms with E-state index in [0.717, 1.165) is 35.2 Å². The van der Waals surface area contributed by atoms with Crippen molar-refractivity contribution in [2.45, 2.75) is 19.4 Å². The van der Waals surface area contributed by atoms with Gasteiger partial charge in [-0.1, -0.05) is 60.1 Å². The third-order valence-electron chi connectivity index (χ3n) is 4.91. The fourth-order valence-electron chi connectivity index (χ4n) is 3.25. The molecule has 6 heteroatoms. The molecule has 3 aromatic rings. The molecule has 0 aliphatic rings. The van der Waals surface area contributed by atoms with Crippen molar-refractivity contribution in [3.63, 3.8) is 0 Å². The number of aliphatic hydroxyl groups is 1. The summed E-state index contributed by atoms with van der Waals surface area (Å²) in [7, 11) is 0. The number of benzene rings is 3. The Balaban J connectivity index is 0.00000320. The molecule has 4 nitrogen and oxygen atoms in total. The van der Waals surface area contributed by atoms with Gasteiger partial charge in [0.05, 0.1) is 11.7 Å². The number of aryl methyl sites for hydroxylation is 1. The first-order chi connectivity index (χ1) is 13.9. The standard InChI is InChI=1S/C24H24ClNO3.ClH/c1-16-13-19(9-10-22(16)24(28)29)18-7-5-17(6-8-18)11-12-26-15-23(27)20-3-2-4-21(25)14-20;/h2-10,13-14,23,26-27H,11-12,15H2,1H3,(H,28,29);1H/t23-;/m0./s1. The Morgan fingerprint density at radius 1 is 1.03 bits per heavy atom. The van der Waals surface area contributed by atoms with Crippen LogP contribution < -0.4 is 5.32 Å². The summed E-state index contributed by atoms with van der Waals surface area (Å²) in [6.45, 7) is 3.03. The molecular formula is C24H25Cl2NO3. The molecule has 30 heavy (non-hydrogen) atoms. The van der Waals surface area contributed by atoms with Gasteiger partial charge in [0.15, 0.2) is 0 Å². The minimum Gasteiger partial charge on any atom is -0.478 e. The van der Waals surface area contributed by atoms with Gasteiger partial charge in [-0.25, -0.2) is 4.79 Å². The predicted octanol–water partition coefficient (Wildman–Crippen LogP) is 5.30. The van der Waals surface area contributed by atoms with E-state index in [1.165, 1.54) is 5.56 Å². The molecule has 0 amide bonds. The number of nitrogens with one attached hydrogen (secondary N) is 1. The van der Waals surface area contributed by atoms with Gasteiger partial charge in [0.1, 0.15) is 0 Å². The van der Waals surface area contributed by atoms with Gasteiger partial charge in [-0.05, 0) is 65.9 Å². The van der Waals surface area contributed by atoms with Crippen molar-refractivity contribution < 1.29 is 15.0 Å². The lowest BCUT2D eigenvalue weighted by atomic mass is 9.98. The van der Waals surface area contributed by atoms with E-state index >= 15 is 0 Å². The predicted molar refractivity (Wildman–Crippen MR) is 124 cm³/mol. The van der Waals surface area contributed by atoms with Crippen molar-refractivity contribution in [1.29, 1.82) is 0 Å². The zero-order valence-electron chi connectivity index (χ0n) is 16.6. The van der Waals surface area contributed by atoms with Gasteiger partial charge in [0.2, 0.25) is 0 Å². The molecule has 1 atom stereocenters. The zero-order chi connectivity index (χ0) is 20.8. The SMILES string of the molecule is Cc1cc(-c2ccc(CCNC[C@H](O)c3cccc(Cl)c3)cc2)ccc1C(=O)O.Cl. The quantitative estimate of drug-likeness (QED) is 0.411. The van der Waals surface area contributed by atoms with Gasteiger partial charge in [-0.2, -0.15) is 0 Å². The third-order valence-corrected chi connectivity index (χ3v) is 5.14. The summed E-state index contributed by atoms with van der Waals surface area (Å²) in [5, 5.41) is 23.3. The summed E-state index contributed by atoms with van der Waals surface area (Å²) < 4.78 is 0. The molecule has 0 saturated carbocycles. The Labute approximate surface area is 187 Å². The number of aliphatic hydroxyl groups excluding tert-OH is 1. The number of rotatable bonds is 8. The molecule has 0 unspecified atom stereocenters. The van der Waals surface area contributed by atoms with Crippen molar-refractivity contribution in [2.75, 3.05) is 13.1 Å². The molecule has 0 bridgehead atoms. The number of carbonyl (C=O) groups is 1. The molecule has 0 radical (unpaired) electrons. The Morgan fingerprint density at radius 3 is 2.37 bits per heavy atom. The number of aromatic carboxylic acids is 1. The van der Waals surface area contributed by atoms with Crippen LogP contribution in [0.25, 0.3) is 11.1 Å². The van der Waals surface area contributed by atoms with Gasteiger partial charge < -0.3 is 15.5 Å². The van der Waals surface area contributed by atoms with Crippen molar-refractivity contribution in [3.05, 3.63) is 94.0 Å². The van der Waals surface area contributed by atoms with Crippen LogP contribution >= 0.6 is 24.0 Å². The van der Waals surface area contributed by atoms with E-state index in [0.29, 0.717) is 17.1 Å². The molecule has 0 aliphatic heterocycles. The van der Waals surface area contributed by atoms with E-state index in [-0.39, 0.29) is 12.4 Å². The molecule has 0 aromatic heterocycles. The van der Waals surface area contributed by atoms with Crippen LogP contribution in [0.15, 0.2) is 66.7 Å². The van der Waals surface area contributed by atoms with Gasteiger partial charge in [-0.3, -0.25) is 0 Å². The summed E-state index contributed by atoms with van der Waals surface area (Å²) in [4.78, 5) is 11.1. The largest absolute Gasteiger partial charge is 0.478 e. The maximum Gasteiger partial charge on any atom is 0.335 e. The Bertz CT molecular complexity index is 990. The highest BCUT2D eigenvalue weighted by molar-refractivity contribution is 6.30. The number of hydrogen-bond acceptors (Lipinski definition) is 3. The van der Waals surface area contributed by atoms with E-state index < -0.39 is 12.1 Å². The Kier molecular flexibility index (Phi) is 8.88. The zero-order valence-corrected chi connectivity index (χ0v) is 18.2. The molecule has 0 aliphatic carbocycles. The van der Waals surface area contributed by atoms with Crippen LogP contribution in [0.4, 0.5) is 0 Å². The normalized spacial score (nSPS) is 11.6. The highest BCUT2D eigenvalue weighted by atomic mass is 35.5. The highest BCUT2D eigenvalue weighted by Crippen LogP contribution is 2.23. The lowest BCUT2D eigenvalue weighted by molar-refractivity contribution is 0.0696. The molecule has 3 rings (SSSR count). The van der Waals surface area contributed by atoms with Crippen LogP contribution in [-0.2, 0) is 6.42 Å². The average Bonchev–Trinajstić information content (AvgIpc) is 2.71. The monoisotopic (exact) mass is 445 g/mol. The van der Waals surface area contributed by atoms with E-state index in [4.69, 9.17) is 16.7 Å². The highest BCUT2D eigenvalue weighted by Gasteiger charge is 2.09. The van der Waals surface area contributed by atoms with Crippen LogP contribution in [0.3, 0.4) is 0 Å². The van der Waals surface area contributed by atoms with Crippen LogP contribution in [-0.4, -0.2) is 29.3 Å². The van der Waals surface area contributed by atoms with Crippen LogP contribution in [0.2, 0.25) is 5.02 Å². The van der Waals surface area contributed by atoms with E-state index in [1.54, 1.807) is 18.2 Å². The lowest BCUT2D eigenvalue weighted by Gasteiger charge is -2.13. The maximum atomic E-state index is 11.1.